The molecule has 0 saturated heterocycles. The maximum atomic E-state index is 12.6. The number of aromatic nitrogens is 2. The Kier molecular flexibility index (Phi) is 5.70. The molecule has 1 amide bonds. The van der Waals surface area contributed by atoms with Gasteiger partial charge in [0.15, 0.2) is 5.75 Å². The van der Waals surface area contributed by atoms with Crippen LogP contribution in [-0.2, 0) is 11.3 Å². The smallest absolute Gasteiger partial charge is 0.261 e. The van der Waals surface area contributed by atoms with E-state index in [0.717, 1.165) is 11.1 Å². The van der Waals surface area contributed by atoms with Crippen molar-refractivity contribution >= 4 is 11.7 Å². The SMILES string of the molecule is COC/C(C)=C/C(=N)N1Cc2nc(-c3cnc(OC)c(OC)c3)ccc2C1=O. The van der Waals surface area contributed by atoms with E-state index in [1.807, 2.05) is 6.92 Å². The molecule has 2 aromatic rings. The fourth-order valence-corrected chi connectivity index (χ4v) is 2.99. The van der Waals surface area contributed by atoms with Crippen molar-refractivity contribution in [3.8, 4) is 22.9 Å². The van der Waals surface area contributed by atoms with Crippen molar-refractivity contribution in [1.29, 1.82) is 5.41 Å². The first-order chi connectivity index (χ1) is 13.5. The minimum Gasteiger partial charge on any atom is -0.491 e. The molecule has 3 rings (SSSR count). The van der Waals surface area contributed by atoms with Crippen molar-refractivity contribution in [3.63, 3.8) is 0 Å². The number of hydrogen-bond acceptors (Lipinski definition) is 7. The monoisotopic (exact) mass is 382 g/mol. The van der Waals surface area contributed by atoms with Crippen LogP contribution in [0.2, 0.25) is 0 Å². The molecule has 0 aliphatic carbocycles. The summed E-state index contributed by atoms with van der Waals surface area (Å²) >= 11 is 0. The Bertz CT molecular complexity index is 955. The molecule has 3 heterocycles. The first kappa shape index (κ1) is 19.5. The number of nitrogens with zero attached hydrogens (tertiary/aromatic N) is 3. The zero-order valence-corrected chi connectivity index (χ0v) is 16.3. The Morgan fingerprint density at radius 3 is 2.75 bits per heavy atom. The van der Waals surface area contributed by atoms with Crippen molar-refractivity contribution < 1.29 is 19.0 Å². The Morgan fingerprint density at radius 1 is 1.29 bits per heavy atom. The molecule has 8 nitrogen and oxygen atoms in total. The van der Waals surface area contributed by atoms with Crippen molar-refractivity contribution in [3.05, 3.63) is 47.3 Å². The number of rotatable bonds is 6. The van der Waals surface area contributed by atoms with Gasteiger partial charge in [0.05, 0.1) is 44.3 Å². The standard InChI is InChI=1S/C20H22N4O4/c1-12(11-26-2)7-18(21)24-10-16-14(20(24)25)5-6-15(23-16)13-8-17(27-3)19(28-4)22-9-13/h5-9,21H,10-11H2,1-4H3/b12-7+,21-18?. The van der Waals surface area contributed by atoms with Crippen LogP contribution >= 0.6 is 0 Å². The number of pyridine rings is 2. The van der Waals surface area contributed by atoms with E-state index >= 15 is 0 Å². The van der Waals surface area contributed by atoms with Gasteiger partial charge in [-0.15, -0.1) is 0 Å². The van der Waals surface area contributed by atoms with E-state index in [4.69, 9.17) is 19.6 Å². The number of amides is 1. The van der Waals surface area contributed by atoms with Gasteiger partial charge in [0.2, 0.25) is 0 Å². The van der Waals surface area contributed by atoms with Gasteiger partial charge in [-0.3, -0.25) is 20.1 Å². The second kappa shape index (κ2) is 8.18. The molecule has 2 aromatic heterocycles. The quantitative estimate of drug-likeness (QED) is 0.609. The van der Waals surface area contributed by atoms with E-state index in [9.17, 15) is 4.79 Å². The lowest BCUT2D eigenvalue weighted by Gasteiger charge is -2.14. The highest BCUT2D eigenvalue weighted by atomic mass is 16.5. The lowest BCUT2D eigenvalue weighted by Crippen LogP contribution is -2.29. The van der Waals surface area contributed by atoms with Crippen LogP contribution in [0.1, 0.15) is 23.0 Å². The highest BCUT2D eigenvalue weighted by Gasteiger charge is 2.31. The lowest BCUT2D eigenvalue weighted by molar-refractivity contribution is 0.0865. The molecule has 1 aliphatic rings. The Labute approximate surface area is 163 Å². The van der Waals surface area contributed by atoms with E-state index in [2.05, 4.69) is 9.97 Å². The van der Waals surface area contributed by atoms with Gasteiger partial charge in [-0.25, -0.2) is 4.98 Å². The predicted molar refractivity (Wildman–Crippen MR) is 104 cm³/mol. The summed E-state index contributed by atoms with van der Waals surface area (Å²) in [5, 5.41) is 8.22. The summed E-state index contributed by atoms with van der Waals surface area (Å²) in [6, 6.07) is 5.28. The van der Waals surface area contributed by atoms with Crippen molar-refractivity contribution in [2.24, 2.45) is 0 Å². The van der Waals surface area contributed by atoms with Gasteiger partial charge in [0.25, 0.3) is 11.8 Å². The summed E-state index contributed by atoms with van der Waals surface area (Å²) in [7, 11) is 4.66. The zero-order chi connectivity index (χ0) is 20.3. The second-order valence-electron chi connectivity index (χ2n) is 6.33. The van der Waals surface area contributed by atoms with Crippen LogP contribution in [0, 0.1) is 5.41 Å². The molecule has 0 saturated carbocycles. The molecular formula is C20H22N4O4. The molecular weight excluding hydrogens is 360 g/mol. The molecule has 0 radical (unpaired) electrons. The first-order valence-corrected chi connectivity index (χ1v) is 8.63. The maximum Gasteiger partial charge on any atom is 0.261 e. The minimum atomic E-state index is -0.231. The van der Waals surface area contributed by atoms with Crippen molar-refractivity contribution in [2.45, 2.75) is 13.5 Å². The number of hydrogen-bond donors (Lipinski definition) is 1. The van der Waals surface area contributed by atoms with Crippen LogP contribution < -0.4 is 9.47 Å². The predicted octanol–water partition coefficient (Wildman–Crippen LogP) is 2.69. The summed E-state index contributed by atoms with van der Waals surface area (Å²) in [5.74, 6) is 0.777. The van der Waals surface area contributed by atoms with E-state index in [-0.39, 0.29) is 18.3 Å². The highest BCUT2D eigenvalue weighted by molar-refractivity contribution is 6.11. The Morgan fingerprint density at radius 2 is 2.07 bits per heavy atom. The zero-order valence-electron chi connectivity index (χ0n) is 16.3. The van der Waals surface area contributed by atoms with E-state index in [1.165, 1.54) is 12.0 Å². The summed E-state index contributed by atoms with van der Waals surface area (Å²) < 4.78 is 15.5. The van der Waals surface area contributed by atoms with Crippen LogP contribution in [-0.4, -0.2) is 54.5 Å². The number of fused-ring (bicyclic) bond motifs is 1. The average molecular weight is 382 g/mol. The van der Waals surface area contributed by atoms with E-state index < -0.39 is 0 Å². The van der Waals surface area contributed by atoms with Crippen LogP contribution in [0.5, 0.6) is 11.6 Å². The fraction of sp³-hybridized carbons (Fsp3) is 0.300. The topological polar surface area (TPSA) is 97.6 Å². The van der Waals surface area contributed by atoms with Gasteiger partial charge in [-0.2, -0.15) is 0 Å². The average Bonchev–Trinajstić information content (AvgIpc) is 3.03. The van der Waals surface area contributed by atoms with Gasteiger partial charge in [0, 0.05) is 18.9 Å². The summed E-state index contributed by atoms with van der Waals surface area (Å²) in [5.41, 5.74) is 3.40. The normalized spacial score (nSPS) is 13.5. The van der Waals surface area contributed by atoms with Crippen LogP contribution in [0.15, 0.2) is 36.0 Å². The third kappa shape index (κ3) is 3.72. The number of nitrogens with one attached hydrogen (secondary N) is 1. The summed E-state index contributed by atoms with van der Waals surface area (Å²) in [6.45, 7) is 2.51. The fourth-order valence-electron chi connectivity index (χ4n) is 2.99. The molecule has 0 unspecified atom stereocenters. The number of carbonyl (C=O) groups is 1. The summed E-state index contributed by atoms with van der Waals surface area (Å²) in [6.07, 6.45) is 3.27. The number of ether oxygens (including phenoxy) is 3. The highest BCUT2D eigenvalue weighted by Crippen LogP contribution is 2.31. The van der Waals surface area contributed by atoms with Gasteiger partial charge in [-0.1, -0.05) is 0 Å². The van der Waals surface area contributed by atoms with Crippen LogP contribution in [0.3, 0.4) is 0 Å². The molecule has 1 aliphatic heterocycles. The third-order valence-corrected chi connectivity index (χ3v) is 4.33. The molecule has 0 aromatic carbocycles. The molecule has 0 atom stereocenters. The van der Waals surface area contributed by atoms with E-state index in [1.54, 1.807) is 44.7 Å². The Balaban J connectivity index is 1.88. The molecule has 0 fully saturated rings. The minimum absolute atomic E-state index is 0.117. The van der Waals surface area contributed by atoms with Gasteiger partial charge >= 0.3 is 0 Å². The third-order valence-electron chi connectivity index (χ3n) is 4.33. The molecule has 28 heavy (non-hydrogen) atoms. The van der Waals surface area contributed by atoms with Crippen LogP contribution in [0.4, 0.5) is 0 Å². The molecule has 1 N–H and O–H groups in total. The maximum absolute atomic E-state index is 12.6. The molecule has 146 valence electrons. The van der Waals surface area contributed by atoms with Crippen LogP contribution in [0.25, 0.3) is 11.3 Å². The lowest BCUT2D eigenvalue weighted by atomic mass is 10.1. The van der Waals surface area contributed by atoms with Gasteiger partial charge in [-0.05, 0) is 36.8 Å². The second-order valence-corrected chi connectivity index (χ2v) is 6.33. The number of methoxy groups -OCH3 is 3. The van der Waals surface area contributed by atoms with Crippen molar-refractivity contribution in [2.75, 3.05) is 27.9 Å². The molecule has 8 heteroatoms. The largest absolute Gasteiger partial charge is 0.491 e. The van der Waals surface area contributed by atoms with Crippen molar-refractivity contribution in [1.82, 2.24) is 14.9 Å². The number of carbonyl (C=O) groups excluding carboxylic acids is 1. The summed E-state index contributed by atoms with van der Waals surface area (Å²) in [4.78, 5) is 22.9. The first-order valence-electron chi connectivity index (χ1n) is 8.63. The molecule has 0 spiro atoms. The number of amidine groups is 1. The van der Waals surface area contributed by atoms with E-state index in [0.29, 0.717) is 35.2 Å². The Hall–Kier alpha value is -3.26. The van der Waals surface area contributed by atoms with Gasteiger partial charge in [0.1, 0.15) is 5.84 Å². The molecule has 0 bridgehead atoms. The van der Waals surface area contributed by atoms with Gasteiger partial charge < -0.3 is 14.2 Å².